The third kappa shape index (κ3) is 2.95. The zero-order chi connectivity index (χ0) is 14.8. The summed E-state index contributed by atoms with van der Waals surface area (Å²) in [5.74, 6) is 0.331. The van der Waals surface area contributed by atoms with E-state index in [1.807, 2.05) is 24.3 Å². The molecule has 0 spiro atoms. The fourth-order valence-corrected chi connectivity index (χ4v) is 2.52. The topological polar surface area (TPSA) is 55.8 Å². The number of hydrogen-bond acceptors (Lipinski definition) is 3. The Morgan fingerprint density at radius 3 is 2.86 bits per heavy atom. The molecule has 1 aliphatic rings. The number of ether oxygens (including phenoxy) is 2. The lowest BCUT2D eigenvalue weighted by Gasteiger charge is -2.13. The number of rotatable bonds is 4. The third-order valence-electron chi connectivity index (χ3n) is 3.32. The van der Waals surface area contributed by atoms with Gasteiger partial charge in [-0.15, -0.1) is 0 Å². The summed E-state index contributed by atoms with van der Waals surface area (Å²) < 4.78 is 11.4. The molecule has 2 aromatic carbocycles. The molecule has 2 aromatic rings. The molecule has 0 aromatic heterocycles. The lowest BCUT2D eigenvalue weighted by molar-refractivity contribution is 0.0696. The summed E-state index contributed by atoms with van der Waals surface area (Å²) in [4.78, 5) is 10.8. The summed E-state index contributed by atoms with van der Waals surface area (Å²) in [5, 5.41) is 9.17. The number of aromatic carboxylic acids is 1. The van der Waals surface area contributed by atoms with Gasteiger partial charge in [-0.3, -0.25) is 0 Å². The molecule has 0 radical (unpaired) electrons. The molecular formula is C16H13ClO4. The normalized spacial score (nSPS) is 16.1. The van der Waals surface area contributed by atoms with Gasteiger partial charge in [0, 0.05) is 6.42 Å². The van der Waals surface area contributed by atoms with Crippen LogP contribution in [-0.4, -0.2) is 23.8 Å². The lowest BCUT2D eigenvalue weighted by atomic mass is 10.1. The first-order valence-corrected chi connectivity index (χ1v) is 6.91. The number of halogens is 1. The van der Waals surface area contributed by atoms with E-state index in [0.29, 0.717) is 12.4 Å². The first-order valence-electron chi connectivity index (χ1n) is 6.53. The minimum Gasteiger partial charge on any atom is -0.488 e. The Kier molecular flexibility index (Phi) is 3.71. The zero-order valence-corrected chi connectivity index (χ0v) is 11.8. The minimum atomic E-state index is -1.02. The van der Waals surface area contributed by atoms with Crippen LogP contribution < -0.4 is 9.47 Å². The summed E-state index contributed by atoms with van der Waals surface area (Å²) >= 11 is 6.02. The molecule has 0 aliphatic carbocycles. The first-order chi connectivity index (χ1) is 10.1. The molecule has 108 valence electrons. The van der Waals surface area contributed by atoms with Gasteiger partial charge in [0.05, 0.1) is 10.6 Å². The highest BCUT2D eigenvalue weighted by molar-refractivity contribution is 6.32. The maximum Gasteiger partial charge on any atom is 0.335 e. The van der Waals surface area contributed by atoms with Crippen LogP contribution in [0.5, 0.6) is 11.5 Å². The molecule has 4 nitrogen and oxygen atoms in total. The van der Waals surface area contributed by atoms with Gasteiger partial charge < -0.3 is 14.6 Å². The predicted molar refractivity (Wildman–Crippen MR) is 78.5 cm³/mol. The molecule has 0 saturated carbocycles. The molecule has 0 bridgehead atoms. The van der Waals surface area contributed by atoms with E-state index in [-0.39, 0.29) is 16.7 Å². The van der Waals surface area contributed by atoms with E-state index in [4.69, 9.17) is 26.2 Å². The maximum absolute atomic E-state index is 10.8. The van der Waals surface area contributed by atoms with Gasteiger partial charge >= 0.3 is 5.97 Å². The molecule has 3 rings (SSSR count). The maximum atomic E-state index is 10.8. The molecule has 0 amide bonds. The zero-order valence-electron chi connectivity index (χ0n) is 11.1. The molecule has 0 saturated heterocycles. The second kappa shape index (κ2) is 5.66. The largest absolute Gasteiger partial charge is 0.488 e. The molecule has 1 atom stereocenters. The van der Waals surface area contributed by atoms with Gasteiger partial charge in [0.1, 0.15) is 24.2 Å². The Morgan fingerprint density at radius 1 is 1.33 bits per heavy atom. The van der Waals surface area contributed by atoms with Crippen LogP contribution in [0.3, 0.4) is 0 Å². The standard InChI is InChI=1S/C16H13ClO4/c17-13-8-11(16(18)19)5-6-15(13)20-9-12-7-10-3-1-2-4-14(10)21-12/h1-6,8,12H,7,9H2,(H,18,19). The third-order valence-corrected chi connectivity index (χ3v) is 3.61. The van der Waals surface area contributed by atoms with E-state index in [1.165, 1.54) is 17.7 Å². The van der Waals surface area contributed by atoms with E-state index >= 15 is 0 Å². The Balaban J connectivity index is 1.63. The highest BCUT2D eigenvalue weighted by Crippen LogP contribution is 2.30. The fourth-order valence-electron chi connectivity index (χ4n) is 2.28. The lowest BCUT2D eigenvalue weighted by Crippen LogP contribution is -2.22. The molecule has 1 aliphatic heterocycles. The van der Waals surface area contributed by atoms with Crippen molar-refractivity contribution in [2.75, 3.05) is 6.61 Å². The Morgan fingerprint density at radius 2 is 2.14 bits per heavy atom. The number of para-hydroxylation sites is 1. The van der Waals surface area contributed by atoms with E-state index in [0.717, 1.165) is 12.2 Å². The van der Waals surface area contributed by atoms with Crippen molar-refractivity contribution in [3.05, 3.63) is 58.6 Å². The van der Waals surface area contributed by atoms with E-state index in [2.05, 4.69) is 0 Å². The number of carbonyl (C=O) groups is 1. The number of benzene rings is 2. The van der Waals surface area contributed by atoms with Crippen molar-refractivity contribution >= 4 is 17.6 Å². The Labute approximate surface area is 126 Å². The van der Waals surface area contributed by atoms with E-state index in [1.54, 1.807) is 6.07 Å². The van der Waals surface area contributed by atoms with Crippen LogP contribution in [-0.2, 0) is 6.42 Å². The van der Waals surface area contributed by atoms with Crippen molar-refractivity contribution in [3.63, 3.8) is 0 Å². The van der Waals surface area contributed by atoms with Crippen molar-refractivity contribution in [1.82, 2.24) is 0 Å². The highest BCUT2D eigenvalue weighted by atomic mass is 35.5. The number of fused-ring (bicyclic) bond motifs is 1. The molecule has 21 heavy (non-hydrogen) atoms. The summed E-state index contributed by atoms with van der Waals surface area (Å²) in [7, 11) is 0. The average molecular weight is 305 g/mol. The van der Waals surface area contributed by atoms with Gasteiger partial charge in [-0.2, -0.15) is 0 Å². The van der Waals surface area contributed by atoms with Crippen LogP contribution in [0.2, 0.25) is 5.02 Å². The van der Waals surface area contributed by atoms with Crippen LogP contribution in [0.15, 0.2) is 42.5 Å². The SMILES string of the molecule is O=C(O)c1ccc(OCC2Cc3ccccc3O2)c(Cl)c1. The molecule has 1 heterocycles. The average Bonchev–Trinajstić information content (AvgIpc) is 2.88. The van der Waals surface area contributed by atoms with Gasteiger partial charge in [0.2, 0.25) is 0 Å². The van der Waals surface area contributed by atoms with Crippen LogP contribution in [0.4, 0.5) is 0 Å². The fraction of sp³-hybridized carbons (Fsp3) is 0.188. The van der Waals surface area contributed by atoms with Crippen LogP contribution in [0, 0.1) is 0 Å². The highest BCUT2D eigenvalue weighted by Gasteiger charge is 2.23. The van der Waals surface area contributed by atoms with Crippen LogP contribution in [0.1, 0.15) is 15.9 Å². The summed E-state index contributed by atoms with van der Waals surface area (Å²) in [6, 6.07) is 12.3. The molecule has 1 unspecified atom stereocenters. The summed E-state index contributed by atoms with van der Waals surface area (Å²) in [5.41, 5.74) is 1.30. The van der Waals surface area contributed by atoms with Gasteiger partial charge in [-0.1, -0.05) is 29.8 Å². The summed E-state index contributed by atoms with van der Waals surface area (Å²) in [6.07, 6.45) is 0.735. The predicted octanol–water partition coefficient (Wildman–Crippen LogP) is 3.42. The Hall–Kier alpha value is -2.20. The van der Waals surface area contributed by atoms with Gasteiger partial charge in [0.15, 0.2) is 0 Å². The second-order valence-corrected chi connectivity index (χ2v) is 5.22. The van der Waals surface area contributed by atoms with E-state index < -0.39 is 5.97 Å². The van der Waals surface area contributed by atoms with Crippen molar-refractivity contribution in [3.8, 4) is 11.5 Å². The van der Waals surface area contributed by atoms with Crippen molar-refractivity contribution in [1.29, 1.82) is 0 Å². The first kappa shape index (κ1) is 13.8. The molecule has 0 fully saturated rings. The Bertz CT molecular complexity index is 659. The van der Waals surface area contributed by atoms with Crippen molar-refractivity contribution in [2.45, 2.75) is 12.5 Å². The quantitative estimate of drug-likeness (QED) is 0.940. The van der Waals surface area contributed by atoms with Gasteiger partial charge in [-0.05, 0) is 29.8 Å². The molecule has 1 N–H and O–H groups in total. The smallest absolute Gasteiger partial charge is 0.335 e. The van der Waals surface area contributed by atoms with Crippen molar-refractivity contribution < 1.29 is 19.4 Å². The number of carboxylic acid groups (broad SMARTS) is 1. The van der Waals surface area contributed by atoms with Gasteiger partial charge in [-0.25, -0.2) is 4.79 Å². The monoisotopic (exact) mass is 304 g/mol. The van der Waals surface area contributed by atoms with Crippen LogP contribution >= 0.6 is 11.6 Å². The minimum absolute atomic E-state index is 0.0578. The molecular weight excluding hydrogens is 292 g/mol. The van der Waals surface area contributed by atoms with E-state index in [9.17, 15) is 4.79 Å². The van der Waals surface area contributed by atoms with Crippen molar-refractivity contribution in [2.24, 2.45) is 0 Å². The number of carboxylic acids is 1. The molecule has 5 heteroatoms. The number of hydrogen-bond donors (Lipinski definition) is 1. The summed E-state index contributed by atoms with van der Waals surface area (Å²) in [6.45, 7) is 0.362. The van der Waals surface area contributed by atoms with Crippen LogP contribution in [0.25, 0.3) is 0 Å². The second-order valence-electron chi connectivity index (χ2n) is 4.81. The van der Waals surface area contributed by atoms with Gasteiger partial charge in [0.25, 0.3) is 0 Å².